The third-order valence-electron chi connectivity index (χ3n) is 3.08. The predicted octanol–water partition coefficient (Wildman–Crippen LogP) is 3.25. The summed E-state index contributed by atoms with van der Waals surface area (Å²) >= 11 is 0. The lowest BCUT2D eigenvalue weighted by molar-refractivity contribution is -0.384. The summed E-state index contributed by atoms with van der Waals surface area (Å²) in [5.74, 6) is 0.266. The summed E-state index contributed by atoms with van der Waals surface area (Å²) in [5, 5.41) is 13.7. The van der Waals surface area contributed by atoms with Crippen LogP contribution in [0.4, 0.5) is 11.4 Å². The Morgan fingerprint density at radius 1 is 1.26 bits per heavy atom. The predicted molar refractivity (Wildman–Crippen MR) is 85.2 cm³/mol. The lowest BCUT2D eigenvalue weighted by atomic mass is 10.1. The molecule has 0 saturated heterocycles. The summed E-state index contributed by atoms with van der Waals surface area (Å²) in [6.07, 6.45) is 0. The Hall–Kier alpha value is -3.09. The quantitative estimate of drug-likeness (QED) is 0.652. The summed E-state index contributed by atoms with van der Waals surface area (Å²) in [5.41, 5.74) is 0.145. The minimum atomic E-state index is -0.569. The molecule has 23 heavy (non-hydrogen) atoms. The van der Waals surface area contributed by atoms with Crippen LogP contribution in [0.2, 0.25) is 0 Å². The Morgan fingerprint density at radius 2 is 2.00 bits per heavy atom. The largest absolute Gasteiger partial charge is 0.496 e. The fourth-order valence-electron chi connectivity index (χ4n) is 2.05. The molecule has 0 bridgehead atoms. The molecule has 0 unspecified atom stereocenters. The number of nitrogens with zero attached hydrogens (tertiary/aromatic N) is 1. The number of hydrogen-bond acceptors (Lipinski definition) is 5. The standard InChI is InChI=1S/C16H16N2O5/c1-3-23-11-8-9-13(14(10-11)18(20)21)17-16(19)12-6-4-5-7-15(12)22-2/h4-10H,3H2,1-2H3,(H,17,19). The third-order valence-corrected chi connectivity index (χ3v) is 3.08. The van der Waals surface area contributed by atoms with Crippen molar-refractivity contribution in [2.24, 2.45) is 0 Å². The number of carbonyl (C=O) groups excluding carboxylic acids is 1. The number of carbonyl (C=O) groups is 1. The van der Waals surface area contributed by atoms with E-state index < -0.39 is 10.8 Å². The van der Waals surface area contributed by atoms with E-state index in [4.69, 9.17) is 9.47 Å². The number of amides is 1. The maximum Gasteiger partial charge on any atom is 0.296 e. The van der Waals surface area contributed by atoms with Gasteiger partial charge in [-0.1, -0.05) is 12.1 Å². The molecular formula is C16H16N2O5. The Labute approximate surface area is 133 Å². The zero-order valence-corrected chi connectivity index (χ0v) is 12.7. The number of ether oxygens (including phenoxy) is 2. The molecule has 0 atom stereocenters. The van der Waals surface area contributed by atoms with Gasteiger partial charge in [0.05, 0.1) is 30.3 Å². The number of anilines is 1. The number of hydrogen-bond donors (Lipinski definition) is 1. The van der Waals surface area contributed by atoms with Crippen LogP contribution < -0.4 is 14.8 Å². The van der Waals surface area contributed by atoms with E-state index in [-0.39, 0.29) is 16.9 Å². The van der Waals surface area contributed by atoms with E-state index in [1.807, 2.05) is 0 Å². The highest BCUT2D eigenvalue weighted by atomic mass is 16.6. The van der Waals surface area contributed by atoms with Crippen LogP contribution in [0.5, 0.6) is 11.5 Å². The van der Waals surface area contributed by atoms with Crippen LogP contribution in [-0.2, 0) is 0 Å². The second kappa shape index (κ2) is 7.26. The van der Waals surface area contributed by atoms with Crippen molar-refractivity contribution in [3.63, 3.8) is 0 Å². The smallest absolute Gasteiger partial charge is 0.296 e. The van der Waals surface area contributed by atoms with E-state index >= 15 is 0 Å². The van der Waals surface area contributed by atoms with Gasteiger partial charge in [-0.2, -0.15) is 0 Å². The highest BCUT2D eigenvalue weighted by Crippen LogP contribution is 2.30. The first-order valence-corrected chi connectivity index (χ1v) is 6.92. The van der Waals surface area contributed by atoms with Crippen molar-refractivity contribution in [2.75, 3.05) is 19.0 Å². The number of nitro groups is 1. The number of nitro benzene ring substituents is 1. The second-order valence-corrected chi connectivity index (χ2v) is 4.52. The van der Waals surface area contributed by atoms with E-state index in [2.05, 4.69) is 5.32 Å². The molecule has 0 saturated carbocycles. The summed E-state index contributed by atoms with van der Waals surface area (Å²) in [7, 11) is 1.45. The molecule has 7 nitrogen and oxygen atoms in total. The first-order chi connectivity index (χ1) is 11.1. The molecule has 0 aliphatic carbocycles. The average Bonchev–Trinajstić information content (AvgIpc) is 2.56. The fourth-order valence-corrected chi connectivity index (χ4v) is 2.05. The van der Waals surface area contributed by atoms with Crippen molar-refractivity contribution >= 4 is 17.3 Å². The number of nitrogens with one attached hydrogen (secondary N) is 1. The fraction of sp³-hybridized carbons (Fsp3) is 0.188. The topological polar surface area (TPSA) is 90.7 Å². The Kier molecular flexibility index (Phi) is 5.14. The van der Waals surface area contributed by atoms with E-state index in [1.165, 1.54) is 19.2 Å². The van der Waals surface area contributed by atoms with Crippen LogP contribution in [0.15, 0.2) is 42.5 Å². The van der Waals surface area contributed by atoms with Crippen LogP contribution >= 0.6 is 0 Å². The number of rotatable bonds is 6. The average molecular weight is 316 g/mol. The molecule has 0 radical (unpaired) electrons. The molecule has 0 aromatic heterocycles. The van der Waals surface area contributed by atoms with Gasteiger partial charge in [-0.3, -0.25) is 14.9 Å². The molecule has 0 heterocycles. The van der Waals surface area contributed by atoms with Crippen molar-refractivity contribution in [3.8, 4) is 11.5 Å². The maximum atomic E-state index is 12.3. The van der Waals surface area contributed by atoms with Crippen LogP contribution in [0, 0.1) is 10.1 Å². The van der Waals surface area contributed by atoms with Gasteiger partial charge in [0, 0.05) is 0 Å². The summed E-state index contributed by atoms with van der Waals surface area (Å²) in [6.45, 7) is 2.17. The highest BCUT2D eigenvalue weighted by molar-refractivity contribution is 6.07. The molecule has 0 aliphatic heterocycles. The lowest BCUT2D eigenvalue weighted by Crippen LogP contribution is -2.14. The maximum absolute atomic E-state index is 12.3. The van der Waals surface area contributed by atoms with E-state index in [0.29, 0.717) is 18.1 Å². The SMILES string of the molecule is CCOc1ccc(NC(=O)c2ccccc2OC)c([N+](=O)[O-])c1. The van der Waals surface area contributed by atoms with Gasteiger partial charge in [-0.05, 0) is 31.2 Å². The summed E-state index contributed by atoms with van der Waals surface area (Å²) in [4.78, 5) is 23.0. The molecule has 1 amide bonds. The molecule has 0 spiro atoms. The van der Waals surface area contributed by atoms with Crippen molar-refractivity contribution in [2.45, 2.75) is 6.92 Å². The van der Waals surface area contributed by atoms with Crippen LogP contribution in [0.3, 0.4) is 0 Å². The zero-order valence-electron chi connectivity index (χ0n) is 12.7. The Morgan fingerprint density at radius 3 is 2.65 bits per heavy atom. The molecule has 120 valence electrons. The summed E-state index contributed by atoms with van der Waals surface area (Å²) < 4.78 is 10.4. The van der Waals surface area contributed by atoms with Crippen molar-refractivity contribution in [3.05, 3.63) is 58.1 Å². The Balaban J connectivity index is 2.32. The molecule has 2 aromatic rings. The van der Waals surface area contributed by atoms with Gasteiger partial charge in [0.1, 0.15) is 17.2 Å². The van der Waals surface area contributed by atoms with Crippen molar-refractivity contribution < 1.29 is 19.2 Å². The molecule has 0 aliphatic rings. The molecule has 7 heteroatoms. The number of benzene rings is 2. The van der Waals surface area contributed by atoms with E-state index in [1.54, 1.807) is 37.3 Å². The Bertz CT molecular complexity index is 730. The first kappa shape index (κ1) is 16.3. The molecule has 0 fully saturated rings. The minimum absolute atomic E-state index is 0.0920. The normalized spacial score (nSPS) is 10.0. The second-order valence-electron chi connectivity index (χ2n) is 4.52. The van der Waals surface area contributed by atoms with Gasteiger partial charge in [0.15, 0.2) is 0 Å². The van der Waals surface area contributed by atoms with Gasteiger partial charge < -0.3 is 14.8 Å². The third kappa shape index (κ3) is 3.76. The van der Waals surface area contributed by atoms with Gasteiger partial charge in [-0.25, -0.2) is 0 Å². The van der Waals surface area contributed by atoms with Gasteiger partial charge in [0.2, 0.25) is 0 Å². The first-order valence-electron chi connectivity index (χ1n) is 6.92. The van der Waals surface area contributed by atoms with E-state index in [9.17, 15) is 14.9 Å². The van der Waals surface area contributed by atoms with Crippen molar-refractivity contribution in [1.29, 1.82) is 0 Å². The van der Waals surface area contributed by atoms with Crippen LogP contribution in [-0.4, -0.2) is 24.5 Å². The minimum Gasteiger partial charge on any atom is -0.496 e. The number of para-hydroxylation sites is 1. The highest BCUT2D eigenvalue weighted by Gasteiger charge is 2.19. The van der Waals surface area contributed by atoms with Crippen LogP contribution in [0.1, 0.15) is 17.3 Å². The summed E-state index contributed by atoms with van der Waals surface area (Å²) in [6, 6.07) is 10.9. The lowest BCUT2D eigenvalue weighted by Gasteiger charge is -2.10. The zero-order chi connectivity index (χ0) is 16.8. The van der Waals surface area contributed by atoms with Gasteiger partial charge in [-0.15, -0.1) is 0 Å². The monoisotopic (exact) mass is 316 g/mol. The van der Waals surface area contributed by atoms with Gasteiger partial charge >= 0.3 is 0 Å². The molecule has 1 N–H and O–H groups in total. The number of methoxy groups -OCH3 is 1. The van der Waals surface area contributed by atoms with Crippen molar-refractivity contribution in [1.82, 2.24) is 0 Å². The van der Waals surface area contributed by atoms with E-state index in [0.717, 1.165) is 0 Å². The molecule has 2 aromatic carbocycles. The van der Waals surface area contributed by atoms with Crippen LogP contribution in [0.25, 0.3) is 0 Å². The van der Waals surface area contributed by atoms with Gasteiger partial charge in [0.25, 0.3) is 11.6 Å². The molecular weight excluding hydrogens is 300 g/mol. The molecule has 2 rings (SSSR count).